The maximum Gasteiger partial charge on any atom is 0.290 e. The van der Waals surface area contributed by atoms with Crippen LogP contribution in [0, 0.1) is 11.8 Å². The van der Waals surface area contributed by atoms with Crippen molar-refractivity contribution < 1.29 is 9.59 Å². The third-order valence-electron chi connectivity index (χ3n) is 8.36. The van der Waals surface area contributed by atoms with E-state index in [9.17, 15) is 9.59 Å². The SMILES string of the molecule is C[C@@H]1[C@H](C)CCC[C@@H]1NC(=O)[C@]1(C)Cn2c(nc3ccccc32)C(=O)N1CCCc1ccccc1. The number of amides is 2. The van der Waals surface area contributed by atoms with Crippen molar-refractivity contribution in [1.82, 2.24) is 19.8 Å². The minimum Gasteiger partial charge on any atom is -0.351 e. The molecule has 3 aromatic rings. The molecule has 0 unspecified atom stereocenters. The molecule has 1 aliphatic carbocycles. The van der Waals surface area contributed by atoms with Crippen LogP contribution >= 0.6 is 0 Å². The van der Waals surface area contributed by atoms with Gasteiger partial charge in [0, 0.05) is 12.6 Å². The molecule has 0 bridgehead atoms. The van der Waals surface area contributed by atoms with Crippen LogP contribution in [-0.4, -0.2) is 44.4 Å². The predicted octanol–water partition coefficient (Wildman–Crippen LogP) is 4.82. The zero-order chi connectivity index (χ0) is 24.6. The van der Waals surface area contributed by atoms with Gasteiger partial charge in [-0.3, -0.25) is 9.59 Å². The summed E-state index contributed by atoms with van der Waals surface area (Å²) >= 11 is 0. The lowest BCUT2D eigenvalue weighted by atomic mass is 9.77. The Morgan fingerprint density at radius 3 is 2.63 bits per heavy atom. The van der Waals surface area contributed by atoms with Gasteiger partial charge in [-0.05, 0) is 55.7 Å². The summed E-state index contributed by atoms with van der Waals surface area (Å²) in [6.07, 6.45) is 4.97. The number of nitrogens with zero attached hydrogens (tertiary/aromatic N) is 3. The molecule has 0 spiro atoms. The summed E-state index contributed by atoms with van der Waals surface area (Å²) in [4.78, 5) is 34.2. The van der Waals surface area contributed by atoms with Gasteiger partial charge in [-0.1, -0.05) is 69.2 Å². The number of benzene rings is 2. The number of aryl methyl sites for hydroxylation is 1. The topological polar surface area (TPSA) is 67.2 Å². The maximum absolute atomic E-state index is 14.0. The molecule has 0 saturated heterocycles. The molecule has 0 radical (unpaired) electrons. The lowest BCUT2D eigenvalue weighted by molar-refractivity contribution is -0.134. The van der Waals surface area contributed by atoms with Gasteiger partial charge in [0.2, 0.25) is 5.91 Å². The molecule has 1 aliphatic heterocycles. The van der Waals surface area contributed by atoms with Crippen LogP contribution in [0.25, 0.3) is 11.0 Å². The molecule has 35 heavy (non-hydrogen) atoms. The number of carbonyl (C=O) groups excluding carboxylic acids is 2. The van der Waals surface area contributed by atoms with Crippen molar-refractivity contribution in [2.75, 3.05) is 6.54 Å². The highest BCUT2D eigenvalue weighted by Crippen LogP contribution is 2.33. The van der Waals surface area contributed by atoms with Crippen LogP contribution in [-0.2, 0) is 17.8 Å². The zero-order valence-electron chi connectivity index (χ0n) is 21.0. The van der Waals surface area contributed by atoms with Gasteiger partial charge in [-0.25, -0.2) is 4.98 Å². The van der Waals surface area contributed by atoms with Crippen LogP contribution in [0.2, 0.25) is 0 Å². The van der Waals surface area contributed by atoms with Gasteiger partial charge in [0.25, 0.3) is 5.91 Å². The summed E-state index contributed by atoms with van der Waals surface area (Å²) in [6.45, 7) is 7.36. The third-order valence-corrected chi connectivity index (χ3v) is 8.36. The average molecular weight is 473 g/mol. The lowest BCUT2D eigenvalue weighted by Gasteiger charge is -2.45. The standard InChI is InChI=1S/C29H36N4O2/c1-20-11-9-16-23(21(20)2)31-28(35)29(3)19-32-25-17-8-7-15-24(25)30-26(32)27(34)33(29)18-10-14-22-12-5-4-6-13-22/h4-8,12-13,15,17,20-21,23H,9-11,14,16,18-19H2,1-3H3,(H,31,35)/t20-,21-,23+,29+/m1/s1. The number of hydrogen-bond donors (Lipinski definition) is 1. The fraction of sp³-hybridized carbons (Fsp3) is 0.483. The molecule has 1 aromatic heterocycles. The first-order chi connectivity index (χ1) is 16.9. The molecular formula is C29H36N4O2. The first-order valence-electron chi connectivity index (χ1n) is 13.0. The minimum atomic E-state index is -0.982. The van der Waals surface area contributed by atoms with Crippen molar-refractivity contribution in [2.24, 2.45) is 11.8 Å². The monoisotopic (exact) mass is 472 g/mol. The van der Waals surface area contributed by atoms with Crippen LogP contribution in [0.15, 0.2) is 54.6 Å². The summed E-state index contributed by atoms with van der Waals surface area (Å²) in [5.74, 6) is 1.21. The van der Waals surface area contributed by atoms with Gasteiger partial charge in [0.05, 0.1) is 17.6 Å². The van der Waals surface area contributed by atoms with Crippen LogP contribution in [0.1, 0.15) is 62.6 Å². The largest absolute Gasteiger partial charge is 0.351 e. The van der Waals surface area contributed by atoms with Crippen LogP contribution in [0.5, 0.6) is 0 Å². The number of fused-ring (bicyclic) bond motifs is 3. The second kappa shape index (κ2) is 9.48. The molecule has 1 N–H and O–H groups in total. The lowest BCUT2D eigenvalue weighted by Crippen LogP contribution is -2.65. The molecule has 2 aromatic carbocycles. The van der Waals surface area contributed by atoms with Gasteiger partial charge in [0.15, 0.2) is 5.82 Å². The average Bonchev–Trinajstić information content (AvgIpc) is 3.23. The summed E-state index contributed by atoms with van der Waals surface area (Å²) in [5.41, 5.74) is 1.95. The number of aromatic nitrogens is 2. The van der Waals surface area contributed by atoms with Gasteiger partial charge >= 0.3 is 0 Å². The molecule has 4 atom stereocenters. The Balaban J connectivity index is 1.45. The van der Waals surface area contributed by atoms with Gasteiger partial charge in [-0.15, -0.1) is 0 Å². The van der Waals surface area contributed by atoms with E-state index < -0.39 is 5.54 Å². The van der Waals surface area contributed by atoms with Gasteiger partial charge < -0.3 is 14.8 Å². The molecule has 2 aliphatic rings. The second-order valence-corrected chi connectivity index (χ2v) is 10.7. The van der Waals surface area contributed by atoms with Crippen molar-refractivity contribution in [3.63, 3.8) is 0 Å². The van der Waals surface area contributed by atoms with E-state index in [1.165, 1.54) is 12.0 Å². The summed E-state index contributed by atoms with van der Waals surface area (Å²) in [5, 5.41) is 3.37. The van der Waals surface area contributed by atoms with E-state index in [1.807, 2.05) is 54.0 Å². The molecule has 1 fully saturated rings. The van der Waals surface area contributed by atoms with Crippen molar-refractivity contribution in [2.45, 2.75) is 71.0 Å². The van der Waals surface area contributed by atoms with E-state index >= 15 is 0 Å². The van der Waals surface area contributed by atoms with Crippen molar-refractivity contribution in [3.8, 4) is 0 Å². The van der Waals surface area contributed by atoms with Crippen LogP contribution in [0.3, 0.4) is 0 Å². The Kier molecular flexibility index (Phi) is 6.39. The number of hydrogen-bond acceptors (Lipinski definition) is 3. The highest BCUT2D eigenvalue weighted by molar-refractivity contribution is 6.01. The molecule has 2 heterocycles. The maximum atomic E-state index is 14.0. The van der Waals surface area contributed by atoms with Gasteiger partial charge in [-0.2, -0.15) is 0 Å². The van der Waals surface area contributed by atoms with Crippen LogP contribution < -0.4 is 5.32 Å². The highest BCUT2D eigenvalue weighted by Gasteiger charge is 2.49. The fourth-order valence-electron chi connectivity index (χ4n) is 5.88. The Morgan fingerprint density at radius 1 is 1.09 bits per heavy atom. The van der Waals surface area contributed by atoms with E-state index in [4.69, 9.17) is 0 Å². The third kappa shape index (κ3) is 4.35. The smallest absolute Gasteiger partial charge is 0.290 e. The molecular weight excluding hydrogens is 436 g/mol. The van der Waals surface area contributed by atoms with Crippen LogP contribution in [0.4, 0.5) is 0 Å². The number of para-hydroxylation sites is 2. The van der Waals surface area contributed by atoms with E-state index in [2.05, 4.69) is 36.3 Å². The van der Waals surface area contributed by atoms with Crippen molar-refractivity contribution in [1.29, 1.82) is 0 Å². The molecule has 6 heteroatoms. The number of rotatable bonds is 6. The second-order valence-electron chi connectivity index (χ2n) is 10.7. The van der Waals surface area contributed by atoms with E-state index in [0.29, 0.717) is 30.7 Å². The predicted molar refractivity (Wildman–Crippen MR) is 138 cm³/mol. The van der Waals surface area contributed by atoms with Crippen molar-refractivity contribution in [3.05, 3.63) is 66.0 Å². The molecule has 184 valence electrons. The van der Waals surface area contributed by atoms with E-state index in [0.717, 1.165) is 36.7 Å². The minimum absolute atomic E-state index is 0.0556. The number of carbonyl (C=O) groups is 2. The van der Waals surface area contributed by atoms with Gasteiger partial charge in [0.1, 0.15) is 5.54 Å². The summed E-state index contributed by atoms with van der Waals surface area (Å²) in [6, 6.07) is 18.2. The molecule has 5 rings (SSSR count). The summed E-state index contributed by atoms with van der Waals surface area (Å²) < 4.78 is 1.94. The highest BCUT2D eigenvalue weighted by atomic mass is 16.2. The quantitative estimate of drug-likeness (QED) is 0.559. The Bertz CT molecular complexity index is 1220. The first-order valence-corrected chi connectivity index (χ1v) is 13.0. The Morgan fingerprint density at radius 2 is 1.83 bits per heavy atom. The normalized spacial score (nSPS) is 26.5. The molecule has 6 nitrogen and oxygen atoms in total. The fourth-order valence-corrected chi connectivity index (χ4v) is 5.88. The molecule has 1 saturated carbocycles. The summed E-state index contributed by atoms with van der Waals surface area (Å²) in [7, 11) is 0. The van der Waals surface area contributed by atoms with E-state index in [1.54, 1.807) is 4.90 Å². The first kappa shape index (κ1) is 23.6. The Labute approximate surface area is 207 Å². The zero-order valence-corrected chi connectivity index (χ0v) is 21.0. The molecule has 2 amide bonds. The number of nitrogens with one attached hydrogen (secondary N) is 1. The number of imidazole rings is 1. The van der Waals surface area contributed by atoms with Crippen molar-refractivity contribution >= 4 is 22.8 Å². The van der Waals surface area contributed by atoms with E-state index in [-0.39, 0.29) is 17.9 Å². The Hall–Kier alpha value is -3.15.